The first-order valence-corrected chi connectivity index (χ1v) is 12.4. The van der Waals surface area contributed by atoms with E-state index in [1.807, 2.05) is 6.07 Å². The van der Waals surface area contributed by atoms with Crippen molar-refractivity contribution in [1.29, 1.82) is 0 Å². The summed E-state index contributed by atoms with van der Waals surface area (Å²) in [5, 5.41) is 22.7. The van der Waals surface area contributed by atoms with Crippen LogP contribution in [0, 0.1) is 5.92 Å². The minimum Gasteiger partial charge on any atom is -0.504 e. The van der Waals surface area contributed by atoms with Crippen molar-refractivity contribution >= 4 is 10.1 Å². The Kier molecular flexibility index (Phi) is 3.60. The molecule has 3 aliphatic carbocycles. The SMILES string of the molecule is CS(=O)(=O)O[C@H]1CCC2(O)C3Cc4ccc(O)c5c4C2(CCN3CC2CC2)[C@H]1O5. The van der Waals surface area contributed by atoms with Crippen molar-refractivity contribution in [2.75, 3.05) is 19.3 Å². The molecule has 0 amide bonds. The fraction of sp³-hybridized carbons (Fsp3) is 0.714. The van der Waals surface area contributed by atoms with Gasteiger partial charge in [-0.2, -0.15) is 8.42 Å². The highest BCUT2D eigenvalue weighted by Crippen LogP contribution is 2.65. The standard InChI is InChI=1S/C21H27NO6S/c1-29(25,26)28-15-6-7-21(24)16-10-13-4-5-14(23)18-17(13)20(21,19(15)27-18)8-9-22(16)11-12-2-3-12/h4-5,12,15-16,19,23-24H,2-3,6-11H2,1H3/t15-,16?,19-,20?,21?/m0/s1. The molecular weight excluding hydrogens is 394 g/mol. The van der Waals surface area contributed by atoms with E-state index in [1.165, 1.54) is 12.8 Å². The molecule has 2 heterocycles. The summed E-state index contributed by atoms with van der Waals surface area (Å²) in [6.07, 6.45) is 4.56. The zero-order valence-corrected chi connectivity index (χ0v) is 17.3. The van der Waals surface area contributed by atoms with Crippen LogP contribution in [0.2, 0.25) is 0 Å². The lowest BCUT2D eigenvalue weighted by Gasteiger charge is -2.64. The van der Waals surface area contributed by atoms with Crippen LogP contribution in [0.15, 0.2) is 12.1 Å². The Bertz CT molecular complexity index is 991. The molecule has 1 saturated heterocycles. The summed E-state index contributed by atoms with van der Waals surface area (Å²) in [5.41, 5.74) is 0.214. The molecule has 7 nitrogen and oxygen atoms in total. The van der Waals surface area contributed by atoms with Gasteiger partial charge in [0.05, 0.1) is 17.3 Å². The van der Waals surface area contributed by atoms with Gasteiger partial charge in [0.1, 0.15) is 12.2 Å². The lowest BCUT2D eigenvalue weighted by molar-refractivity contribution is -0.204. The number of hydrogen-bond acceptors (Lipinski definition) is 7. The lowest BCUT2D eigenvalue weighted by Crippen LogP contribution is -2.77. The van der Waals surface area contributed by atoms with E-state index in [4.69, 9.17) is 8.92 Å². The molecule has 1 aromatic carbocycles. The monoisotopic (exact) mass is 421 g/mol. The molecule has 2 bridgehead atoms. The molecule has 8 heteroatoms. The molecule has 1 spiro atoms. The van der Waals surface area contributed by atoms with Crippen LogP contribution in [0.5, 0.6) is 11.5 Å². The second-order valence-corrected chi connectivity index (χ2v) is 11.3. The highest BCUT2D eigenvalue weighted by Gasteiger charge is 2.73. The van der Waals surface area contributed by atoms with Crippen LogP contribution < -0.4 is 4.74 Å². The van der Waals surface area contributed by atoms with Crippen molar-refractivity contribution in [2.24, 2.45) is 5.92 Å². The summed E-state index contributed by atoms with van der Waals surface area (Å²) in [4.78, 5) is 2.45. The van der Waals surface area contributed by atoms with E-state index >= 15 is 0 Å². The van der Waals surface area contributed by atoms with Gasteiger partial charge in [-0.1, -0.05) is 6.07 Å². The van der Waals surface area contributed by atoms with Gasteiger partial charge < -0.3 is 14.9 Å². The minimum absolute atomic E-state index is 0.0230. The van der Waals surface area contributed by atoms with E-state index in [0.717, 1.165) is 42.8 Å². The number of benzene rings is 1. The highest BCUT2D eigenvalue weighted by molar-refractivity contribution is 7.86. The molecule has 0 radical (unpaired) electrons. The Balaban J connectivity index is 1.51. The maximum atomic E-state index is 12.2. The van der Waals surface area contributed by atoms with Gasteiger partial charge in [0.2, 0.25) is 0 Å². The van der Waals surface area contributed by atoms with Crippen LogP contribution in [-0.4, -0.2) is 66.7 Å². The van der Waals surface area contributed by atoms with E-state index in [9.17, 15) is 18.6 Å². The van der Waals surface area contributed by atoms with Gasteiger partial charge in [-0.3, -0.25) is 9.08 Å². The molecule has 3 fully saturated rings. The summed E-state index contributed by atoms with van der Waals surface area (Å²) < 4.78 is 35.5. The molecule has 1 aromatic rings. The number of hydrogen-bond donors (Lipinski definition) is 2. The third-order valence-corrected chi connectivity index (χ3v) is 8.60. The van der Waals surface area contributed by atoms with Crippen molar-refractivity contribution in [1.82, 2.24) is 4.90 Å². The summed E-state index contributed by atoms with van der Waals surface area (Å²) >= 11 is 0. The van der Waals surface area contributed by atoms with Crippen LogP contribution in [0.3, 0.4) is 0 Å². The van der Waals surface area contributed by atoms with E-state index in [-0.39, 0.29) is 11.8 Å². The number of piperidine rings is 1. The average Bonchev–Trinajstić information content (AvgIpc) is 3.37. The predicted octanol–water partition coefficient (Wildman–Crippen LogP) is 1.30. The maximum absolute atomic E-state index is 12.2. The normalized spacial score (nSPS) is 40.4. The van der Waals surface area contributed by atoms with Gasteiger partial charge in [0.15, 0.2) is 11.5 Å². The number of nitrogens with zero attached hydrogens (tertiary/aromatic N) is 1. The molecule has 6 rings (SSSR count). The van der Waals surface area contributed by atoms with Gasteiger partial charge in [-0.05, 0) is 62.6 Å². The lowest BCUT2D eigenvalue weighted by atomic mass is 9.48. The van der Waals surface area contributed by atoms with Crippen LogP contribution in [0.4, 0.5) is 0 Å². The summed E-state index contributed by atoms with van der Waals surface area (Å²) in [6.45, 7) is 1.85. The molecule has 2 saturated carbocycles. The van der Waals surface area contributed by atoms with Crippen LogP contribution >= 0.6 is 0 Å². The second-order valence-electron chi connectivity index (χ2n) is 9.67. The van der Waals surface area contributed by atoms with Gasteiger partial charge >= 0.3 is 0 Å². The van der Waals surface area contributed by atoms with Gasteiger partial charge in [-0.25, -0.2) is 0 Å². The number of phenolic OH excluding ortho intramolecular Hbond substituents is 1. The second kappa shape index (κ2) is 5.66. The first kappa shape index (κ1) is 18.4. The van der Waals surface area contributed by atoms with E-state index in [0.29, 0.717) is 25.0 Å². The van der Waals surface area contributed by atoms with Crippen LogP contribution in [0.25, 0.3) is 0 Å². The average molecular weight is 422 g/mol. The number of ether oxygens (including phenoxy) is 1. The van der Waals surface area contributed by atoms with Crippen molar-refractivity contribution in [2.45, 2.75) is 67.8 Å². The first-order chi connectivity index (χ1) is 13.7. The van der Waals surface area contributed by atoms with Gasteiger partial charge in [0.25, 0.3) is 10.1 Å². The van der Waals surface area contributed by atoms with Crippen molar-refractivity contribution in [3.05, 3.63) is 23.3 Å². The zero-order valence-electron chi connectivity index (χ0n) is 16.5. The first-order valence-electron chi connectivity index (χ1n) is 10.6. The summed E-state index contributed by atoms with van der Waals surface area (Å²) in [5.74, 6) is 1.18. The molecule has 2 aliphatic heterocycles. The Morgan fingerprint density at radius 1 is 1.28 bits per heavy atom. The van der Waals surface area contributed by atoms with E-state index < -0.39 is 33.3 Å². The predicted molar refractivity (Wildman–Crippen MR) is 105 cm³/mol. The largest absolute Gasteiger partial charge is 0.504 e. The fourth-order valence-electron chi connectivity index (χ4n) is 6.76. The Morgan fingerprint density at radius 3 is 2.79 bits per heavy atom. The molecule has 158 valence electrons. The smallest absolute Gasteiger partial charge is 0.264 e. The van der Waals surface area contributed by atoms with Crippen molar-refractivity contribution in [3.8, 4) is 11.5 Å². The quantitative estimate of drug-likeness (QED) is 0.708. The maximum Gasteiger partial charge on any atom is 0.264 e. The molecule has 0 aromatic heterocycles. The third kappa shape index (κ3) is 2.37. The molecule has 5 aliphatic rings. The number of phenols is 1. The Labute approximate surface area is 170 Å². The van der Waals surface area contributed by atoms with Crippen LogP contribution in [0.1, 0.15) is 43.2 Å². The van der Waals surface area contributed by atoms with Crippen molar-refractivity contribution in [3.63, 3.8) is 0 Å². The topological polar surface area (TPSA) is 96.3 Å². The molecular formula is C21H27NO6S. The molecule has 29 heavy (non-hydrogen) atoms. The van der Waals surface area contributed by atoms with E-state index in [1.54, 1.807) is 6.07 Å². The van der Waals surface area contributed by atoms with Crippen molar-refractivity contribution < 1.29 is 27.6 Å². The molecule has 3 unspecified atom stereocenters. The third-order valence-electron chi connectivity index (χ3n) is 8.01. The molecule has 2 N–H and O–H groups in total. The summed E-state index contributed by atoms with van der Waals surface area (Å²) in [6, 6.07) is 3.57. The van der Waals surface area contributed by atoms with Gasteiger partial charge in [-0.15, -0.1) is 0 Å². The molecule has 5 atom stereocenters. The fourth-order valence-corrected chi connectivity index (χ4v) is 7.41. The van der Waals surface area contributed by atoms with Crippen LogP contribution in [-0.2, 0) is 26.1 Å². The number of aromatic hydroxyl groups is 1. The number of rotatable bonds is 4. The van der Waals surface area contributed by atoms with E-state index in [2.05, 4.69) is 4.90 Å². The number of aliphatic hydroxyl groups is 1. The zero-order chi connectivity index (χ0) is 20.2. The summed E-state index contributed by atoms with van der Waals surface area (Å²) in [7, 11) is -3.67. The van der Waals surface area contributed by atoms with Gasteiger partial charge in [0, 0.05) is 18.2 Å². The Morgan fingerprint density at radius 2 is 2.07 bits per heavy atom. The number of likely N-dealkylation sites (tertiary alicyclic amines) is 1. The Hall–Kier alpha value is -1.35. The minimum atomic E-state index is -3.67. The highest BCUT2D eigenvalue weighted by atomic mass is 32.2.